The molecule has 14 rings (SSSR count). The highest BCUT2D eigenvalue weighted by molar-refractivity contribution is 6.27. The molecular weight excluding hydrogens is 829 g/mol. The number of nitrogens with zero attached hydrogens (tertiary/aromatic N) is 2. The predicted octanol–water partition coefficient (Wildman–Crippen LogP) is 18.7. The number of para-hydroxylation sites is 6. The third-order valence-electron chi connectivity index (χ3n) is 13.8. The highest BCUT2D eigenvalue weighted by Gasteiger charge is 2.22. The van der Waals surface area contributed by atoms with Gasteiger partial charge >= 0.3 is 0 Å². The van der Waals surface area contributed by atoms with E-state index in [-0.39, 0.29) is 0 Å². The molecule has 0 aliphatic rings. The minimum atomic E-state index is 0.870. The van der Waals surface area contributed by atoms with E-state index in [0.29, 0.717) is 0 Å². The minimum absolute atomic E-state index is 0.870. The molecular formula is C64H40N2O2. The molecule has 0 unspecified atom stereocenters. The molecule has 12 aromatic carbocycles. The number of rotatable bonds is 8. The van der Waals surface area contributed by atoms with Gasteiger partial charge in [-0.05, 0) is 127 Å². The first-order valence-electron chi connectivity index (χ1n) is 23.2. The van der Waals surface area contributed by atoms with Gasteiger partial charge in [0.2, 0.25) is 0 Å². The van der Waals surface area contributed by atoms with Crippen molar-refractivity contribution in [1.29, 1.82) is 0 Å². The van der Waals surface area contributed by atoms with Crippen molar-refractivity contribution in [3.05, 3.63) is 243 Å². The van der Waals surface area contributed by atoms with Gasteiger partial charge in [0.15, 0.2) is 11.2 Å². The Labute approximate surface area is 392 Å². The van der Waals surface area contributed by atoms with Gasteiger partial charge in [0.05, 0.1) is 11.4 Å². The summed E-state index contributed by atoms with van der Waals surface area (Å²) in [6, 6.07) is 86.8. The second-order valence-corrected chi connectivity index (χ2v) is 17.6. The van der Waals surface area contributed by atoms with Gasteiger partial charge in [-0.15, -0.1) is 0 Å². The van der Waals surface area contributed by atoms with Gasteiger partial charge < -0.3 is 18.6 Å². The highest BCUT2D eigenvalue weighted by atomic mass is 16.3. The number of hydrogen-bond donors (Lipinski definition) is 0. The van der Waals surface area contributed by atoms with Crippen molar-refractivity contribution in [2.75, 3.05) is 9.80 Å². The first-order chi connectivity index (χ1) is 33.7. The summed E-state index contributed by atoms with van der Waals surface area (Å²) in [6.07, 6.45) is 0. The molecule has 2 aromatic heterocycles. The first-order valence-corrected chi connectivity index (χ1v) is 23.2. The third-order valence-corrected chi connectivity index (χ3v) is 13.8. The number of hydrogen-bond acceptors (Lipinski definition) is 4. The van der Waals surface area contributed by atoms with Gasteiger partial charge in [-0.3, -0.25) is 0 Å². The fraction of sp³-hybridized carbons (Fsp3) is 0. The van der Waals surface area contributed by atoms with Crippen LogP contribution >= 0.6 is 0 Å². The summed E-state index contributed by atoms with van der Waals surface area (Å²) in [7, 11) is 0. The molecule has 0 saturated heterocycles. The molecule has 0 bridgehead atoms. The van der Waals surface area contributed by atoms with E-state index in [1.54, 1.807) is 0 Å². The van der Waals surface area contributed by atoms with Crippen LogP contribution in [-0.4, -0.2) is 0 Å². The molecule has 2 heterocycles. The summed E-state index contributed by atoms with van der Waals surface area (Å²) in [6.45, 7) is 0. The molecule has 0 saturated carbocycles. The second kappa shape index (κ2) is 15.2. The van der Waals surface area contributed by atoms with Crippen LogP contribution < -0.4 is 9.80 Å². The minimum Gasteiger partial charge on any atom is -0.454 e. The van der Waals surface area contributed by atoms with Crippen molar-refractivity contribution in [2.45, 2.75) is 0 Å². The molecule has 0 aliphatic heterocycles. The van der Waals surface area contributed by atoms with Crippen LogP contribution in [0.15, 0.2) is 251 Å². The maximum absolute atomic E-state index is 6.56. The van der Waals surface area contributed by atoms with Crippen LogP contribution in [-0.2, 0) is 0 Å². The van der Waals surface area contributed by atoms with Crippen molar-refractivity contribution in [1.82, 2.24) is 0 Å². The Balaban J connectivity index is 0.854. The SMILES string of the molecule is c1ccc(N(c2ccc(-c3ccc4ccc5c(-c6ccc(N(c7ccccc7)c7cccc8c7oc7ccccc78)cc6)ccc6ccc3c4c65)cc2)c2cccc3c2oc2ccccc23)cc1. The van der Waals surface area contributed by atoms with Gasteiger partial charge in [-0.1, -0.05) is 170 Å². The predicted molar refractivity (Wildman–Crippen MR) is 285 cm³/mol. The summed E-state index contributed by atoms with van der Waals surface area (Å²) in [4.78, 5) is 4.60. The van der Waals surface area contributed by atoms with E-state index in [4.69, 9.17) is 8.83 Å². The zero-order valence-corrected chi connectivity index (χ0v) is 36.8. The number of fused-ring (bicyclic) bond motifs is 6. The number of furan rings is 2. The van der Waals surface area contributed by atoms with E-state index in [9.17, 15) is 0 Å². The smallest absolute Gasteiger partial charge is 0.159 e. The van der Waals surface area contributed by atoms with Gasteiger partial charge in [0.1, 0.15) is 11.2 Å². The average Bonchev–Trinajstić information content (AvgIpc) is 3.99. The molecule has 318 valence electrons. The molecule has 0 atom stereocenters. The maximum atomic E-state index is 6.56. The zero-order chi connectivity index (χ0) is 44.7. The topological polar surface area (TPSA) is 32.8 Å². The quantitative estimate of drug-likeness (QED) is 0.142. The van der Waals surface area contributed by atoms with Crippen LogP contribution in [0, 0.1) is 0 Å². The van der Waals surface area contributed by atoms with Crippen molar-refractivity contribution in [3.8, 4) is 22.3 Å². The van der Waals surface area contributed by atoms with Crippen LogP contribution in [0.4, 0.5) is 34.1 Å². The van der Waals surface area contributed by atoms with Crippen LogP contribution in [0.2, 0.25) is 0 Å². The lowest BCUT2D eigenvalue weighted by atomic mass is 9.87. The first kappa shape index (κ1) is 38.2. The normalized spacial score (nSPS) is 11.8. The molecule has 0 radical (unpaired) electrons. The Morgan fingerprint density at radius 3 is 1.06 bits per heavy atom. The molecule has 0 aliphatic carbocycles. The summed E-state index contributed by atoms with van der Waals surface area (Å²) in [5.74, 6) is 0. The maximum Gasteiger partial charge on any atom is 0.159 e. The Morgan fingerprint density at radius 1 is 0.250 bits per heavy atom. The third kappa shape index (κ3) is 5.94. The van der Waals surface area contributed by atoms with Crippen LogP contribution in [0.25, 0.3) is 98.4 Å². The van der Waals surface area contributed by atoms with E-state index < -0.39 is 0 Å². The Morgan fingerprint density at radius 2 is 0.618 bits per heavy atom. The molecule has 4 heteroatoms. The fourth-order valence-corrected chi connectivity index (χ4v) is 10.7. The molecule has 0 amide bonds. The summed E-state index contributed by atoms with van der Waals surface area (Å²) >= 11 is 0. The van der Waals surface area contributed by atoms with E-state index in [2.05, 4.69) is 228 Å². The number of anilines is 6. The zero-order valence-electron chi connectivity index (χ0n) is 36.8. The lowest BCUT2D eigenvalue weighted by Crippen LogP contribution is -2.10. The van der Waals surface area contributed by atoms with Crippen molar-refractivity contribution < 1.29 is 8.83 Å². The summed E-state index contributed by atoms with van der Waals surface area (Å²) in [5.41, 5.74) is 14.5. The molecule has 0 fully saturated rings. The summed E-state index contributed by atoms with van der Waals surface area (Å²) in [5, 5.41) is 12.0. The Bertz CT molecular complexity index is 3920. The lowest BCUT2D eigenvalue weighted by Gasteiger charge is -2.26. The molecule has 0 N–H and O–H groups in total. The van der Waals surface area contributed by atoms with E-state index in [0.717, 1.165) is 78.0 Å². The van der Waals surface area contributed by atoms with Crippen molar-refractivity contribution in [2.24, 2.45) is 0 Å². The molecule has 0 spiro atoms. The van der Waals surface area contributed by atoms with Gasteiger partial charge in [-0.2, -0.15) is 0 Å². The second-order valence-electron chi connectivity index (χ2n) is 17.6. The molecule has 4 nitrogen and oxygen atoms in total. The van der Waals surface area contributed by atoms with Gasteiger partial charge in [0.25, 0.3) is 0 Å². The van der Waals surface area contributed by atoms with Crippen molar-refractivity contribution in [3.63, 3.8) is 0 Å². The highest BCUT2D eigenvalue weighted by Crippen LogP contribution is 2.47. The number of benzene rings is 12. The van der Waals surface area contributed by atoms with Crippen LogP contribution in [0.3, 0.4) is 0 Å². The average molecular weight is 869 g/mol. The standard InChI is InChI=1S/C64H40N2O2/c1-3-13-45(14-4-1)65(57-21-11-19-55-51-17-7-9-23-59(51)67-63(55)57)47-33-25-41(26-34-47)49-37-29-43-32-40-54-50(38-30-44-31-39-53(49)61(43)62(44)54)42-27-35-48(36-28-42)66(46-15-5-2-6-16-46)58-22-12-20-56-52-18-8-10-24-60(52)68-64(56)58/h1-40H. The van der Waals surface area contributed by atoms with Crippen LogP contribution in [0.1, 0.15) is 0 Å². The Kier molecular flexibility index (Phi) is 8.55. The van der Waals surface area contributed by atoms with E-state index >= 15 is 0 Å². The molecule has 14 aromatic rings. The lowest BCUT2D eigenvalue weighted by molar-refractivity contribution is 0.668. The molecule has 68 heavy (non-hydrogen) atoms. The van der Waals surface area contributed by atoms with E-state index in [1.165, 1.54) is 54.6 Å². The summed E-state index contributed by atoms with van der Waals surface area (Å²) < 4.78 is 13.1. The largest absolute Gasteiger partial charge is 0.454 e. The van der Waals surface area contributed by atoms with Gasteiger partial charge in [-0.25, -0.2) is 0 Å². The van der Waals surface area contributed by atoms with Crippen LogP contribution in [0.5, 0.6) is 0 Å². The monoisotopic (exact) mass is 868 g/mol. The Hall–Kier alpha value is -9.12. The van der Waals surface area contributed by atoms with E-state index in [1.807, 2.05) is 24.3 Å². The van der Waals surface area contributed by atoms with Crippen molar-refractivity contribution >= 4 is 110 Å². The fourth-order valence-electron chi connectivity index (χ4n) is 10.7. The van der Waals surface area contributed by atoms with Gasteiger partial charge in [0, 0.05) is 44.3 Å².